The van der Waals surface area contributed by atoms with Gasteiger partial charge in [-0.25, -0.2) is 4.39 Å². The van der Waals surface area contributed by atoms with Crippen LogP contribution in [0.2, 0.25) is 0 Å². The van der Waals surface area contributed by atoms with Gasteiger partial charge in [-0.3, -0.25) is 9.69 Å². The summed E-state index contributed by atoms with van der Waals surface area (Å²) in [7, 11) is 0. The summed E-state index contributed by atoms with van der Waals surface area (Å²) in [5.41, 5.74) is 2.96. The minimum absolute atomic E-state index is 0.0788. The fraction of sp³-hybridized carbons (Fsp3) is 0.188. The summed E-state index contributed by atoms with van der Waals surface area (Å²) in [6, 6.07) is 14.3. The molecular formula is C16H14FNOS. The number of nitrogens with zero attached hydrogens (tertiary/aromatic N) is 1. The lowest BCUT2D eigenvalue weighted by molar-refractivity contribution is -0.115. The predicted molar refractivity (Wildman–Crippen MR) is 80.3 cm³/mol. The van der Waals surface area contributed by atoms with E-state index >= 15 is 0 Å². The minimum atomic E-state index is -0.259. The average Bonchev–Trinajstić information content (AvgIpc) is 2.81. The standard InChI is InChI=1S/C16H14FNOS/c1-11-3-2-4-14(9-11)18-15(19)10-20-16(18)12-5-7-13(17)8-6-12/h2-9,16H,10H2,1H3/t16-/m0/s1. The van der Waals surface area contributed by atoms with Gasteiger partial charge in [0.15, 0.2) is 0 Å². The Morgan fingerprint density at radius 3 is 2.65 bits per heavy atom. The Balaban J connectivity index is 1.98. The van der Waals surface area contributed by atoms with E-state index in [2.05, 4.69) is 0 Å². The van der Waals surface area contributed by atoms with Crippen LogP contribution in [0.15, 0.2) is 48.5 Å². The predicted octanol–water partition coefficient (Wildman–Crippen LogP) is 3.91. The first-order chi connectivity index (χ1) is 9.65. The molecule has 0 saturated carbocycles. The van der Waals surface area contributed by atoms with Gasteiger partial charge in [-0.2, -0.15) is 0 Å². The lowest BCUT2D eigenvalue weighted by Crippen LogP contribution is -2.27. The molecule has 1 fully saturated rings. The summed E-state index contributed by atoms with van der Waals surface area (Å²) < 4.78 is 13.0. The fourth-order valence-corrected chi connectivity index (χ4v) is 3.53. The van der Waals surface area contributed by atoms with Crippen LogP contribution in [0.3, 0.4) is 0 Å². The Hall–Kier alpha value is -1.81. The van der Waals surface area contributed by atoms with E-state index in [1.807, 2.05) is 31.2 Å². The first kappa shape index (κ1) is 13.2. The van der Waals surface area contributed by atoms with Gasteiger partial charge in [-0.1, -0.05) is 24.3 Å². The number of thioether (sulfide) groups is 1. The second kappa shape index (κ2) is 5.29. The van der Waals surface area contributed by atoms with Crippen molar-refractivity contribution < 1.29 is 9.18 Å². The minimum Gasteiger partial charge on any atom is -0.295 e. The van der Waals surface area contributed by atoms with Crippen molar-refractivity contribution in [2.45, 2.75) is 12.3 Å². The Morgan fingerprint density at radius 1 is 1.20 bits per heavy atom. The lowest BCUT2D eigenvalue weighted by Gasteiger charge is -2.24. The highest BCUT2D eigenvalue weighted by Gasteiger charge is 2.33. The van der Waals surface area contributed by atoms with Crippen molar-refractivity contribution in [3.8, 4) is 0 Å². The van der Waals surface area contributed by atoms with E-state index in [-0.39, 0.29) is 17.1 Å². The molecule has 0 aromatic heterocycles. The highest BCUT2D eigenvalue weighted by Crippen LogP contribution is 2.41. The maximum Gasteiger partial charge on any atom is 0.238 e. The van der Waals surface area contributed by atoms with Crippen molar-refractivity contribution in [1.82, 2.24) is 0 Å². The number of aryl methyl sites for hydroxylation is 1. The molecule has 2 aromatic carbocycles. The molecule has 0 unspecified atom stereocenters. The third-order valence-corrected chi connectivity index (χ3v) is 4.52. The molecule has 0 spiro atoms. The van der Waals surface area contributed by atoms with Crippen LogP contribution in [0.25, 0.3) is 0 Å². The summed E-state index contributed by atoms with van der Waals surface area (Å²) in [6.07, 6.45) is 0. The Morgan fingerprint density at radius 2 is 1.95 bits per heavy atom. The van der Waals surface area contributed by atoms with Crippen LogP contribution < -0.4 is 4.90 Å². The summed E-state index contributed by atoms with van der Waals surface area (Å²) >= 11 is 1.57. The van der Waals surface area contributed by atoms with E-state index < -0.39 is 0 Å². The normalized spacial score (nSPS) is 18.6. The molecular weight excluding hydrogens is 273 g/mol. The highest BCUT2D eigenvalue weighted by molar-refractivity contribution is 8.00. The molecule has 20 heavy (non-hydrogen) atoms. The molecule has 1 saturated heterocycles. The summed E-state index contributed by atoms with van der Waals surface area (Å²) in [5, 5.41) is -0.0788. The highest BCUT2D eigenvalue weighted by atomic mass is 32.2. The van der Waals surface area contributed by atoms with Crippen LogP contribution in [-0.2, 0) is 4.79 Å². The van der Waals surface area contributed by atoms with Crippen molar-refractivity contribution in [2.24, 2.45) is 0 Å². The molecule has 102 valence electrons. The van der Waals surface area contributed by atoms with Crippen LogP contribution in [0.1, 0.15) is 16.5 Å². The number of hydrogen-bond donors (Lipinski definition) is 0. The molecule has 0 N–H and O–H groups in total. The topological polar surface area (TPSA) is 20.3 Å². The number of anilines is 1. The molecule has 1 heterocycles. The van der Waals surface area contributed by atoms with Gasteiger partial charge < -0.3 is 0 Å². The van der Waals surface area contributed by atoms with Crippen LogP contribution >= 0.6 is 11.8 Å². The van der Waals surface area contributed by atoms with Gasteiger partial charge >= 0.3 is 0 Å². The second-order valence-corrected chi connectivity index (χ2v) is 5.89. The second-order valence-electron chi connectivity index (χ2n) is 4.82. The van der Waals surface area contributed by atoms with Crippen LogP contribution in [0, 0.1) is 12.7 Å². The summed E-state index contributed by atoms with van der Waals surface area (Å²) in [6.45, 7) is 2.00. The first-order valence-electron chi connectivity index (χ1n) is 6.41. The molecule has 1 aliphatic heterocycles. The number of hydrogen-bond acceptors (Lipinski definition) is 2. The first-order valence-corrected chi connectivity index (χ1v) is 7.46. The van der Waals surface area contributed by atoms with E-state index in [0.29, 0.717) is 5.75 Å². The van der Waals surface area contributed by atoms with Crippen LogP contribution in [-0.4, -0.2) is 11.7 Å². The van der Waals surface area contributed by atoms with Crippen molar-refractivity contribution in [2.75, 3.05) is 10.7 Å². The van der Waals surface area contributed by atoms with E-state index in [0.717, 1.165) is 16.8 Å². The van der Waals surface area contributed by atoms with Crippen molar-refractivity contribution in [1.29, 1.82) is 0 Å². The SMILES string of the molecule is Cc1cccc(N2C(=O)CS[C@H]2c2ccc(F)cc2)c1. The third-order valence-electron chi connectivity index (χ3n) is 3.30. The quantitative estimate of drug-likeness (QED) is 0.834. The number of rotatable bonds is 2. The van der Waals surface area contributed by atoms with Gasteiger partial charge in [-0.05, 0) is 42.3 Å². The van der Waals surface area contributed by atoms with Crippen molar-refractivity contribution >= 4 is 23.4 Å². The molecule has 1 aliphatic rings. The molecule has 1 atom stereocenters. The molecule has 2 nitrogen and oxygen atoms in total. The van der Waals surface area contributed by atoms with E-state index in [9.17, 15) is 9.18 Å². The van der Waals surface area contributed by atoms with E-state index in [1.165, 1.54) is 12.1 Å². The number of amides is 1. The van der Waals surface area contributed by atoms with Gasteiger partial charge in [0.25, 0.3) is 0 Å². The van der Waals surface area contributed by atoms with E-state index in [4.69, 9.17) is 0 Å². The molecule has 2 aromatic rings. The van der Waals surface area contributed by atoms with Gasteiger partial charge in [0, 0.05) is 5.69 Å². The zero-order valence-electron chi connectivity index (χ0n) is 11.0. The maximum atomic E-state index is 13.0. The third kappa shape index (κ3) is 2.43. The Kier molecular flexibility index (Phi) is 3.49. The summed E-state index contributed by atoms with van der Waals surface area (Å²) in [5.74, 6) is 0.288. The van der Waals surface area contributed by atoms with Crippen LogP contribution in [0.5, 0.6) is 0 Å². The van der Waals surface area contributed by atoms with E-state index in [1.54, 1.807) is 28.8 Å². The fourth-order valence-electron chi connectivity index (χ4n) is 2.35. The zero-order chi connectivity index (χ0) is 14.1. The molecule has 1 amide bonds. The molecule has 0 bridgehead atoms. The Bertz CT molecular complexity index is 641. The monoisotopic (exact) mass is 287 g/mol. The number of benzene rings is 2. The molecule has 0 radical (unpaired) electrons. The van der Waals surface area contributed by atoms with Crippen molar-refractivity contribution in [3.05, 3.63) is 65.5 Å². The van der Waals surface area contributed by atoms with Gasteiger partial charge in [0.2, 0.25) is 5.91 Å². The smallest absolute Gasteiger partial charge is 0.238 e. The van der Waals surface area contributed by atoms with Crippen LogP contribution in [0.4, 0.5) is 10.1 Å². The van der Waals surface area contributed by atoms with Gasteiger partial charge in [0.05, 0.1) is 5.75 Å². The molecule has 4 heteroatoms. The molecule has 3 rings (SSSR count). The number of halogens is 1. The largest absolute Gasteiger partial charge is 0.295 e. The molecule has 0 aliphatic carbocycles. The average molecular weight is 287 g/mol. The maximum absolute atomic E-state index is 13.0. The number of carbonyl (C=O) groups excluding carboxylic acids is 1. The van der Waals surface area contributed by atoms with Gasteiger partial charge in [0.1, 0.15) is 11.2 Å². The Labute approximate surface area is 121 Å². The number of carbonyl (C=O) groups is 1. The van der Waals surface area contributed by atoms with Gasteiger partial charge in [-0.15, -0.1) is 11.8 Å². The van der Waals surface area contributed by atoms with Crippen molar-refractivity contribution in [3.63, 3.8) is 0 Å². The lowest BCUT2D eigenvalue weighted by atomic mass is 10.1. The zero-order valence-corrected chi connectivity index (χ0v) is 11.9. The summed E-state index contributed by atoms with van der Waals surface area (Å²) in [4.78, 5) is 14.0.